The van der Waals surface area contributed by atoms with Gasteiger partial charge in [-0.25, -0.2) is 0 Å². The summed E-state index contributed by atoms with van der Waals surface area (Å²) in [6, 6.07) is 14.9. The van der Waals surface area contributed by atoms with Crippen LogP contribution in [-0.4, -0.2) is 40.2 Å². The summed E-state index contributed by atoms with van der Waals surface area (Å²) in [5.74, 6) is -0.665. The molecule has 0 atom stereocenters. The Morgan fingerprint density at radius 3 is 2.59 bits per heavy atom. The normalized spacial score (nSPS) is 10.7. The second-order valence-corrected chi connectivity index (χ2v) is 6.75. The second kappa shape index (κ2) is 9.14. The Balaban J connectivity index is 1.78. The summed E-state index contributed by atoms with van der Waals surface area (Å²) in [6.45, 7) is 2.46. The van der Waals surface area contributed by atoms with Crippen LogP contribution in [0, 0.1) is 6.92 Å². The van der Waals surface area contributed by atoms with Gasteiger partial charge in [-0.3, -0.25) is 19.1 Å². The van der Waals surface area contributed by atoms with E-state index in [1.165, 1.54) is 18.2 Å². The maximum absolute atomic E-state index is 12.9. The summed E-state index contributed by atoms with van der Waals surface area (Å²) < 4.78 is 6.38. The van der Waals surface area contributed by atoms with E-state index in [2.05, 4.69) is 5.10 Å². The molecule has 0 unspecified atom stereocenters. The summed E-state index contributed by atoms with van der Waals surface area (Å²) in [7, 11) is 1.30. The van der Waals surface area contributed by atoms with E-state index in [9.17, 15) is 14.4 Å². The van der Waals surface area contributed by atoms with Crippen LogP contribution in [0.15, 0.2) is 59.5 Å². The third-order valence-corrected chi connectivity index (χ3v) is 4.82. The largest absolute Gasteiger partial charge is 0.468 e. The molecular formula is C22H23N3O4. The first kappa shape index (κ1) is 20.3. The number of aromatic nitrogens is 2. The summed E-state index contributed by atoms with van der Waals surface area (Å²) in [6.07, 6.45) is 1.40. The number of aryl methyl sites for hydroxylation is 2. The molecule has 7 nitrogen and oxygen atoms in total. The van der Waals surface area contributed by atoms with E-state index in [1.807, 2.05) is 37.3 Å². The van der Waals surface area contributed by atoms with E-state index in [0.717, 1.165) is 11.1 Å². The lowest BCUT2D eigenvalue weighted by atomic mass is 10.1. The predicted octanol–water partition coefficient (Wildman–Crippen LogP) is 2.30. The van der Waals surface area contributed by atoms with Gasteiger partial charge < -0.3 is 9.64 Å². The Morgan fingerprint density at radius 2 is 1.83 bits per heavy atom. The second-order valence-electron chi connectivity index (χ2n) is 6.75. The van der Waals surface area contributed by atoms with E-state index in [1.54, 1.807) is 22.9 Å². The van der Waals surface area contributed by atoms with Crippen molar-refractivity contribution in [3.8, 4) is 0 Å². The van der Waals surface area contributed by atoms with Crippen LogP contribution in [-0.2, 0) is 27.4 Å². The fourth-order valence-corrected chi connectivity index (χ4v) is 3.14. The molecule has 29 heavy (non-hydrogen) atoms. The molecule has 1 heterocycles. The molecule has 1 amide bonds. The van der Waals surface area contributed by atoms with Gasteiger partial charge in [0.1, 0.15) is 6.54 Å². The van der Waals surface area contributed by atoms with E-state index >= 15 is 0 Å². The Morgan fingerprint density at radius 1 is 1.10 bits per heavy atom. The third kappa shape index (κ3) is 4.87. The Kier molecular flexibility index (Phi) is 6.39. The standard InChI is InChI=1S/C22H23N3O4/c1-16-7-3-4-8-17(16)14-24(15-22(28)29-2)21(27)11-12-25-19-10-6-5-9-18(19)20(26)13-23-25/h3-10,13H,11-12,14-15H2,1-2H3. The van der Waals surface area contributed by atoms with Crippen molar-refractivity contribution >= 4 is 22.8 Å². The lowest BCUT2D eigenvalue weighted by Gasteiger charge is -2.23. The zero-order chi connectivity index (χ0) is 20.8. The number of rotatable bonds is 7. The van der Waals surface area contributed by atoms with Crippen LogP contribution in [0.1, 0.15) is 17.5 Å². The van der Waals surface area contributed by atoms with Crippen LogP contribution in [0.5, 0.6) is 0 Å². The van der Waals surface area contributed by atoms with E-state index < -0.39 is 5.97 Å². The van der Waals surface area contributed by atoms with Gasteiger partial charge in [0.15, 0.2) is 0 Å². The molecule has 3 rings (SSSR count). The smallest absolute Gasteiger partial charge is 0.325 e. The van der Waals surface area contributed by atoms with Crippen molar-refractivity contribution in [3.05, 3.63) is 76.1 Å². The van der Waals surface area contributed by atoms with Crippen molar-refractivity contribution in [2.24, 2.45) is 0 Å². The molecule has 150 valence electrons. The number of fused-ring (bicyclic) bond motifs is 1. The maximum atomic E-state index is 12.9. The van der Waals surface area contributed by atoms with E-state index in [-0.39, 0.29) is 24.3 Å². The molecule has 0 saturated heterocycles. The lowest BCUT2D eigenvalue weighted by Crippen LogP contribution is -2.36. The zero-order valence-corrected chi connectivity index (χ0v) is 16.5. The van der Waals surface area contributed by atoms with Gasteiger partial charge in [-0.1, -0.05) is 36.4 Å². The number of nitrogens with zero attached hydrogens (tertiary/aromatic N) is 3. The number of carbonyl (C=O) groups is 2. The Hall–Kier alpha value is -3.48. The van der Waals surface area contributed by atoms with Crippen molar-refractivity contribution in [1.29, 1.82) is 0 Å². The summed E-state index contributed by atoms with van der Waals surface area (Å²) in [5.41, 5.74) is 2.53. The average molecular weight is 393 g/mol. The predicted molar refractivity (Wildman–Crippen MR) is 109 cm³/mol. The molecule has 0 fully saturated rings. The number of para-hydroxylation sites is 1. The number of amides is 1. The monoisotopic (exact) mass is 393 g/mol. The van der Waals surface area contributed by atoms with Gasteiger partial charge in [0.2, 0.25) is 11.3 Å². The first-order valence-corrected chi connectivity index (χ1v) is 9.33. The van der Waals surface area contributed by atoms with Gasteiger partial charge in [-0.2, -0.15) is 5.10 Å². The molecule has 0 bridgehead atoms. The molecule has 0 aliphatic rings. The van der Waals surface area contributed by atoms with Crippen molar-refractivity contribution in [2.75, 3.05) is 13.7 Å². The number of carbonyl (C=O) groups excluding carboxylic acids is 2. The molecule has 0 aliphatic carbocycles. The molecule has 0 aliphatic heterocycles. The van der Waals surface area contributed by atoms with Crippen LogP contribution >= 0.6 is 0 Å². The highest BCUT2D eigenvalue weighted by Gasteiger charge is 2.19. The van der Waals surface area contributed by atoms with Gasteiger partial charge >= 0.3 is 5.97 Å². The molecule has 0 spiro atoms. The van der Waals surface area contributed by atoms with Crippen LogP contribution in [0.3, 0.4) is 0 Å². The minimum absolute atomic E-state index is 0.123. The minimum atomic E-state index is -0.473. The Bertz CT molecular complexity index is 1090. The number of methoxy groups -OCH3 is 1. The molecule has 3 aromatic rings. The van der Waals surface area contributed by atoms with Crippen molar-refractivity contribution < 1.29 is 14.3 Å². The number of esters is 1. The fraction of sp³-hybridized carbons (Fsp3) is 0.273. The van der Waals surface area contributed by atoms with Crippen molar-refractivity contribution in [3.63, 3.8) is 0 Å². The van der Waals surface area contributed by atoms with E-state index in [0.29, 0.717) is 24.0 Å². The number of benzene rings is 2. The molecular weight excluding hydrogens is 370 g/mol. The van der Waals surface area contributed by atoms with Crippen LogP contribution in [0.4, 0.5) is 0 Å². The first-order chi connectivity index (χ1) is 14.0. The molecule has 1 aromatic heterocycles. The summed E-state index contributed by atoms with van der Waals surface area (Å²) >= 11 is 0. The number of hydrogen-bond acceptors (Lipinski definition) is 5. The quantitative estimate of drug-likeness (QED) is 0.576. The van der Waals surface area contributed by atoms with Gasteiger partial charge in [-0.05, 0) is 30.2 Å². The molecule has 0 radical (unpaired) electrons. The van der Waals surface area contributed by atoms with Crippen LogP contribution in [0.2, 0.25) is 0 Å². The maximum Gasteiger partial charge on any atom is 0.325 e. The topological polar surface area (TPSA) is 81.5 Å². The van der Waals surface area contributed by atoms with Crippen molar-refractivity contribution in [1.82, 2.24) is 14.7 Å². The van der Waals surface area contributed by atoms with Crippen LogP contribution in [0.25, 0.3) is 10.9 Å². The lowest BCUT2D eigenvalue weighted by molar-refractivity contribution is -0.147. The molecule has 0 saturated carbocycles. The fourth-order valence-electron chi connectivity index (χ4n) is 3.14. The van der Waals surface area contributed by atoms with Crippen LogP contribution < -0.4 is 5.43 Å². The van der Waals surface area contributed by atoms with Gasteiger partial charge in [0.25, 0.3) is 0 Å². The molecule has 2 aromatic carbocycles. The summed E-state index contributed by atoms with van der Waals surface area (Å²) in [5, 5.41) is 4.71. The van der Waals surface area contributed by atoms with Gasteiger partial charge in [0, 0.05) is 18.4 Å². The minimum Gasteiger partial charge on any atom is -0.468 e. The van der Waals surface area contributed by atoms with E-state index in [4.69, 9.17) is 4.74 Å². The first-order valence-electron chi connectivity index (χ1n) is 9.33. The van der Waals surface area contributed by atoms with Crippen molar-refractivity contribution in [2.45, 2.75) is 26.4 Å². The average Bonchev–Trinajstić information content (AvgIpc) is 2.74. The molecule has 7 heteroatoms. The number of hydrogen-bond donors (Lipinski definition) is 0. The highest BCUT2D eigenvalue weighted by molar-refractivity contribution is 5.82. The zero-order valence-electron chi connectivity index (χ0n) is 16.5. The highest BCUT2D eigenvalue weighted by Crippen LogP contribution is 2.13. The van der Waals surface area contributed by atoms with Gasteiger partial charge in [-0.15, -0.1) is 0 Å². The Labute approximate surface area is 168 Å². The van der Waals surface area contributed by atoms with Gasteiger partial charge in [0.05, 0.1) is 25.4 Å². The third-order valence-electron chi connectivity index (χ3n) is 4.82. The SMILES string of the molecule is COC(=O)CN(Cc1ccccc1C)C(=O)CCn1ncc(=O)c2ccccc21. The molecule has 0 N–H and O–H groups in total. The highest BCUT2D eigenvalue weighted by atomic mass is 16.5. The summed E-state index contributed by atoms with van der Waals surface area (Å²) in [4.78, 5) is 38.2. The number of ether oxygens (including phenoxy) is 1.